The van der Waals surface area contributed by atoms with E-state index in [4.69, 9.17) is 20.8 Å². The van der Waals surface area contributed by atoms with Gasteiger partial charge in [-0.05, 0) is 6.92 Å². The van der Waals surface area contributed by atoms with E-state index in [0.717, 1.165) is 0 Å². The van der Waals surface area contributed by atoms with Crippen LogP contribution in [0, 0.1) is 0 Å². The summed E-state index contributed by atoms with van der Waals surface area (Å²) in [5, 5.41) is 12.4. The molecule has 2 N–H and O–H groups in total. The lowest BCUT2D eigenvalue weighted by atomic mass is 10.5. The van der Waals surface area contributed by atoms with Gasteiger partial charge in [0.05, 0.1) is 13.2 Å². The van der Waals surface area contributed by atoms with Crippen LogP contribution in [0.25, 0.3) is 0 Å². The molecule has 7 nitrogen and oxygen atoms in total. The van der Waals surface area contributed by atoms with Crippen LogP contribution in [0.3, 0.4) is 0 Å². The maximum atomic E-state index is 11.3. The number of hydrogen-bond acceptors (Lipinski definition) is 6. The van der Waals surface area contributed by atoms with Gasteiger partial charge < -0.3 is 19.8 Å². The minimum Gasteiger partial charge on any atom is -0.406 e. The maximum Gasteiger partial charge on any atom is 0.315 e. The van der Waals surface area contributed by atoms with Crippen molar-refractivity contribution in [1.29, 1.82) is 0 Å². The Kier molecular flexibility index (Phi) is 5.71. The Bertz CT molecular complexity index is 356. The summed E-state index contributed by atoms with van der Waals surface area (Å²) in [7, 11) is 1.57. The van der Waals surface area contributed by atoms with Crippen LogP contribution in [0.5, 0.6) is 0 Å². The van der Waals surface area contributed by atoms with E-state index in [0.29, 0.717) is 19.0 Å². The molecule has 0 spiro atoms. The van der Waals surface area contributed by atoms with Gasteiger partial charge in [-0.2, -0.15) is 0 Å². The molecule has 0 saturated heterocycles. The van der Waals surface area contributed by atoms with Crippen molar-refractivity contribution >= 4 is 23.5 Å². The van der Waals surface area contributed by atoms with E-state index in [1.807, 2.05) is 0 Å². The molecule has 8 heteroatoms. The number of carbonyl (C=O) groups excluding carboxylic acids is 1. The third kappa shape index (κ3) is 5.01. The van der Waals surface area contributed by atoms with Crippen molar-refractivity contribution in [3.05, 3.63) is 5.89 Å². The molecule has 0 aliphatic heterocycles. The Balaban J connectivity index is 2.27. The standard InChI is InChI=1S/C9H15ClN4O3/c1-6(10)8-13-14-9(17-8)12-5-7(15)11-3-4-16-2/h6H,3-5H2,1-2H3,(H,11,15)(H,12,14). The number of carbonyl (C=O) groups is 1. The zero-order valence-corrected chi connectivity index (χ0v) is 10.5. The van der Waals surface area contributed by atoms with E-state index in [-0.39, 0.29) is 23.8 Å². The van der Waals surface area contributed by atoms with Crippen LogP contribution in [-0.4, -0.2) is 42.9 Å². The van der Waals surface area contributed by atoms with Crippen molar-refractivity contribution in [2.75, 3.05) is 32.1 Å². The fraction of sp³-hybridized carbons (Fsp3) is 0.667. The zero-order valence-electron chi connectivity index (χ0n) is 9.70. The Hall–Kier alpha value is -1.34. The lowest BCUT2D eigenvalue weighted by molar-refractivity contribution is -0.119. The van der Waals surface area contributed by atoms with Crippen molar-refractivity contribution < 1.29 is 13.9 Å². The van der Waals surface area contributed by atoms with Gasteiger partial charge >= 0.3 is 6.01 Å². The minimum absolute atomic E-state index is 0.0576. The first-order valence-electron chi connectivity index (χ1n) is 5.10. The van der Waals surface area contributed by atoms with Crippen molar-refractivity contribution in [3.63, 3.8) is 0 Å². The highest BCUT2D eigenvalue weighted by atomic mass is 35.5. The molecule has 96 valence electrons. The molecule has 0 fully saturated rings. The molecule has 1 atom stereocenters. The van der Waals surface area contributed by atoms with Gasteiger partial charge in [-0.1, -0.05) is 5.10 Å². The van der Waals surface area contributed by atoms with Crippen LogP contribution in [0.15, 0.2) is 4.42 Å². The van der Waals surface area contributed by atoms with Crippen molar-refractivity contribution in [2.24, 2.45) is 0 Å². The number of rotatable bonds is 7. The van der Waals surface area contributed by atoms with Gasteiger partial charge in [0.2, 0.25) is 11.8 Å². The van der Waals surface area contributed by atoms with E-state index >= 15 is 0 Å². The summed E-state index contributed by atoms with van der Waals surface area (Å²) in [6.07, 6.45) is 0. The van der Waals surface area contributed by atoms with E-state index < -0.39 is 0 Å². The Labute approximate surface area is 104 Å². The van der Waals surface area contributed by atoms with Crippen molar-refractivity contribution in [2.45, 2.75) is 12.3 Å². The molecule has 0 aliphatic carbocycles. The fourth-order valence-corrected chi connectivity index (χ4v) is 1.07. The number of methoxy groups -OCH3 is 1. The van der Waals surface area contributed by atoms with Crippen molar-refractivity contribution in [1.82, 2.24) is 15.5 Å². The van der Waals surface area contributed by atoms with Gasteiger partial charge in [-0.3, -0.25) is 4.79 Å². The summed E-state index contributed by atoms with van der Waals surface area (Å²) in [6.45, 7) is 2.71. The van der Waals surface area contributed by atoms with Crippen LogP contribution in [-0.2, 0) is 9.53 Å². The highest BCUT2D eigenvalue weighted by molar-refractivity contribution is 6.20. The average molecular weight is 263 g/mol. The maximum absolute atomic E-state index is 11.3. The molecule has 0 aliphatic rings. The van der Waals surface area contributed by atoms with Gasteiger partial charge in [-0.25, -0.2) is 0 Å². The molecule has 0 radical (unpaired) electrons. The summed E-state index contributed by atoms with van der Waals surface area (Å²) in [6, 6.07) is 0.175. The minimum atomic E-state index is -0.353. The van der Waals surface area contributed by atoms with E-state index in [1.165, 1.54) is 0 Å². The first-order valence-corrected chi connectivity index (χ1v) is 5.54. The number of alkyl halides is 1. The van der Waals surface area contributed by atoms with Gasteiger partial charge in [0, 0.05) is 13.7 Å². The first-order chi connectivity index (χ1) is 8.13. The number of hydrogen-bond donors (Lipinski definition) is 2. The lowest BCUT2D eigenvalue weighted by Crippen LogP contribution is -2.32. The number of nitrogens with zero attached hydrogens (tertiary/aromatic N) is 2. The fourth-order valence-electron chi connectivity index (χ4n) is 0.978. The Morgan fingerprint density at radius 3 is 2.94 bits per heavy atom. The van der Waals surface area contributed by atoms with Gasteiger partial charge in [0.25, 0.3) is 0 Å². The monoisotopic (exact) mass is 262 g/mol. The predicted molar refractivity (Wildman–Crippen MR) is 61.9 cm³/mol. The molecule has 1 rings (SSSR count). The molecule has 0 saturated carbocycles. The largest absolute Gasteiger partial charge is 0.406 e. The molecule has 0 bridgehead atoms. The van der Waals surface area contributed by atoms with Crippen LogP contribution < -0.4 is 10.6 Å². The molecule has 1 unspecified atom stereocenters. The van der Waals surface area contributed by atoms with E-state index in [2.05, 4.69) is 20.8 Å². The number of ether oxygens (including phenoxy) is 1. The Morgan fingerprint density at radius 2 is 2.35 bits per heavy atom. The molecule has 1 aromatic heterocycles. The average Bonchev–Trinajstić information content (AvgIpc) is 2.75. The molecular formula is C9H15ClN4O3. The van der Waals surface area contributed by atoms with Crippen LogP contribution >= 0.6 is 11.6 Å². The zero-order chi connectivity index (χ0) is 12.7. The number of halogens is 1. The number of anilines is 1. The molecule has 1 heterocycles. The summed E-state index contributed by atoms with van der Waals surface area (Å²) >= 11 is 5.75. The molecule has 1 amide bonds. The highest BCUT2D eigenvalue weighted by Crippen LogP contribution is 2.18. The summed E-state index contributed by atoms with van der Waals surface area (Å²) < 4.78 is 9.95. The summed E-state index contributed by atoms with van der Waals surface area (Å²) in [5.41, 5.74) is 0. The Morgan fingerprint density at radius 1 is 1.59 bits per heavy atom. The van der Waals surface area contributed by atoms with E-state index in [9.17, 15) is 4.79 Å². The van der Waals surface area contributed by atoms with Crippen molar-refractivity contribution in [3.8, 4) is 0 Å². The summed E-state index contributed by atoms with van der Waals surface area (Å²) in [5.74, 6) is 0.134. The molecular weight excluding hydrogens is 248 g/mol. The second-order valence-electron chi connectivity index (χ2n) is 3.26. The second kappa shape index (κ2) is 7.08. The normalized spacial score (nSPS) is 12.2. The van der Waals surface area contributed by atoms with E-state index in [1.54, 1.807) is 14.0 Å². The van der Waals surface area contributed by atoms with Gasteiger partial charge in [0.15, 0.2) is 0 Å². The molecule has 17 heavy (non-hydrogen) atoms. The highest BCUT2D eigenvalue weighted by Gasteiger charge is 2.11. The molecule has 0 aromatic carbocycles. The number of nitrogens with one attached hydrogen (secondary N) is 2. The van der Waals surface area contributed by atoms with Gasteiger partial charge in [0.1, 0.15) is 5.38 Å². The SMILES string of the molecule is COCCNC(=O)CNc1nnc(C(C)Cl)o1. The summed E-state index contributed by atoms with van der Waals surface area (Å²) in [4.78, 5) is 11.3. The lowest BCUT2D eigenvalue weighted by Gasteiger charge is -2.03. The molecule has 1 aromatic rings. The third-order valence-electron chi connectivity index (χ3n) is 1.81. The second-order valence-corrected chi connectivity index (χ2v) is 3.91. The predicted octanol–water partition coefficient (Wildman–Crippen LogP) is 0.544. The topological polar surface area (TPSA) is 89.3 Å². The number of aromatic nitrogens is 2. The van der Waals surface area contributed by atoms with Crippen LogP contribution in [0.1, 0.15) is 18.2 Å². The third-order valence-corrected chi connectivity index (χ3v) is 2.00. The quantitative estimate of drug-likeness (QED) is 0.551. The number of amides is 1. The van der Waals surface area contributed by atoms with Crippen LogP contribution in [0.4, 0.5) is 6.01 Å². The first kappa shape index (κ1) is 13.7. The van der Waals surface area contributed by atoms with Gasteiger partial charge in [-0.15, -0.1) is 16.7 Å². The van der Waals surface area contributed by atoms with Crippen LogP contribution in [0.2, 0.25) is 0 Å². The smallest absolute Gasteiger partial charge is 0.315 e.